The van der Waals surface area contributed by atoms with Crippen LogP contribution in [-0.2, 0) is 0 Å². The average molecular weight is 182 g/mol. The van der Waals surface area contributed by atoms with Gasteiger partial charge in [0.25, 0.3) is 0 Å². The van der Waals surface area contributed by atoms with Gasteiger partial charge >= 0.3 is 0 Å². The molecule has 1 fully saturated rings. The molecule has 0 aromatic carbocycles. The molecule has 1 aliphatic rings. The Hall–Kier alpha value is 0. The second-order valence-corrected chi connectivity index (χ2v) is 5.73. The van der Waals surface area contributed by atoms with Gasteiger partial charge in [-0.3, -0.25) is 0 Å². The minimum absolute atomic E-state index is 0.884. The highest BCUT2D eigenvalue weighted by Gasteiger charge is 2.32. The van der Waals surface area contributed by atoms with E-state index in [-0.39, 0.29) is 0 Å². The molecule has 0 nitrogen and oxygen atoms in total. The molecule has 0 aliphatic heterocycles. The van der Waals surface area contributed by atoms with Gasteiger partial charge in [-0.15, -0.1) is 0 Å². The first-order valence-electron chi connectivity index (χ1n) is 6.02. The van der Waals surface area contributed by atoms with Crippen molar-refractivity contribution in [3.8, 4) is 0 Å². The standard InChI is InChI=1S/C13H26/c1-9(2)12-7-6-11(5)8-13(12)10(3)4/h9-13H,6-8H2,1-5H3/t11-,12+,13+/m0/s1. The summed E-state index contributed by atoms with van der Waals surface area (Å²) in [6, 6.07) is 0. The first-order valence-corrected chi connectivity index (χ1v) is 6.02. The number of hydrogen-bond donors (Lipinski definition) is 0. The van der Waals surface area contributed by atoms with E-state index in [9.17, 15) is 0 Å². The van der Waals surface area contributed by atoms with Crippen molar-refractivity contribution < 1.29 is 0 Å². The highest BCUT2D eigenvalue weighted by Crippen LogP contribution is 2.41. The van der Waals surface area contributed by atoms with E-state index in [4.69, 9.17) is 0 Å². The first kappa shape index (κ1) is 11.1. The van der Waals surface area contributed by atoms with Crippen LogP contribution in [0.2, 0.25) is 0 Å². The molecule has 0 aromatic rings. The third-order valence-corrected chi connectivity index (χ3v) is 3.93. The molecule has 0 aromatic heterocycles. The van der Waals surface area contributed by atoms with Gasteiger partial charge in [-0.25, -0.2) is 0 Å². The number of rotatable bonds is 2. The molecule has 0 spiro atoms. The Kier molecular flexibility index (Phi) is 3.82. The van der Waals surface area contributed by atoms with E-state index in [1.165, 1.54) is 19.3 Å². The van der Waals surface area contributed by atoms with Gasteiger partial charge in [-0.2, -0.15) is 0 Å². The van der Waals surface area contributed by atoms with E-state index >= 15 is 0 Å². The molecule has 1 aliphatic carbocycles. The summed E-state index contributed by atoms with van der Waals surface area (Å²) >= 11 is 0. The van der Waals surface area contributed by atoms with Crippen molar-refractivity contribution in [3.05, 3.63) is 0 Å². The van der Waals surface area contributed by atoms with E-state index < -0.39 is 0 Å². The minimum Gasteiger partial charge on any atom is -0.0625 e. The second-order valence-electron chi connectivity index (χ2n) is 5.73. The second kappa shape index (κ2) is 4.48. The lowest BCUT2D eigenvalue weighted by Gasteiger charge is -2.39. The fraction of sp³-hybridized carbons (Fsp3) is 1.00. The van der Waals surface area contributed by atoms with Crippen molar-refractivity contribution in [1.82, 2.24) is 0 Å². The molecule has 0 amide bonds. The zero-order valence-corrected chi connectivity index (χ0v) is 10.0. The maximum atomic E-state index is 2.42. The maximum absolute atomic E-state index is 2.42. The Morgan fingerprint density at radius 3 is 1.85 bits per heavy atom. The summed E-state index contributed by atoms with van der Waals surface area (Å²) < 4.78 is 0. The van der Waals surface area contributed by atoms with Crippen LogP contribution < -0.4 is 0 Å². The Morgan fingerprint density at radius 2 is 1.38 bits per heavy atom. The van der Waals surface area contributed by atoms with E-state index in [0.717, 1.165) is 29.6 Å². The van der Waals surface area contributed by atoms with Crippen molar-refractivity contribution in [3.63, 3.8) is 0 Å². The molecule has 1 rings (SSSR count). The molecule has 78 valence electrons. The molecular weight excluding hydrogens is 156 g/mol. The zero-order chi connectivity index (χ0) is 10.0. The minimum atomic E-state index is 0.884. The molecule has 0 saturated heterocycles. The third kappa shape index (κ3) is 2.72. The Labute approximate surface area is 84.1 Å². The van der Waals surface area contributed by atoms with Crippen molar-refractivity contribution in [2.45, 2.75) is 53.9 Å². The topological polar surface area (TPSA) is 0 Å². The molecule has 0 N–H and O–H groups in total. The number of hydrogen-bond acceptors (Lipinski definition) is 0. The predicted molar refractivity (Wildman–Crippen MR) is 59.7 cm³/mol. The summed E-state index contributed by atoms with van der Waals surface area (Å²) in [5.74, 6) is 4.73. The zero-order valence-electron chi connectivity index (χ0n) is 10.0. The van der Waals surface area contributed by atoms with Crippen LogP contribution in [0.15, 0.2) is 0 Å². The Balaban J connectivity index is 2.60. The van der Waals surface area contributed by atoms with Crippen LogP contribution in [0.5, 0.6) is 0 Å². The molecule has 0 heterocycles. The smallest absolute Gasteiger partial charge is 0.0358 e. The maximum Gasteiger partial charge on any atom is -0.0358 e. The van der Waals surface area contributed by atoms with Crippen molar-refractivity contribution >= 4 is 0 Å². The van der Waals surface area contributed by atoms with Crippen LogP contribution in [0.4, 0.5) is 0 Å². The highest BCUT2D eigenvalue weighted by molar-refractivity contribution is 4.82. The normalized spacial score (nSPS) is 35.8. The summed E-state index contributed by atoms with van der Waals surface area (Å²) in [5.41, 5.74) is 0. The van der Waals surface area contributed by atoms with Gasteiger partial charge in [0.1, 0.15) is 0 Å². The molecule has 0 radical (unpaired) electrons. The van der Waals surface area contributed by atoms with E-state index in [0.29, 0.717) is 0 Å². The predicted octanol–water partition coefficient (Wildman–Crippen LogP) is 4.35. The van der Waals surface area contributed by atoms with Gasteiger partial charge in [0, 0.05) is 0 Å². The lowest BCUT2D eigenvalue weighted by molar-refractivity contribution is 0.106. The van der Waals surface area contributed by atoms with Crippen LogP contribution in [0.3, 0.4) is 0 Å². The summed E-state index contributed by atoms with van der Waals surface area (Å²) in [4.78, 5) is 0. The van der Waals surface area contributed by atoms with Gasteiger partial charge in [-0.1, -0.05) is 41.0 Å². The summed E-state index contributed by atoms with van der Waals surface area (Å²) in [5, 5.41) is 0. The molecule has 0 bridgehead atoms. The van der Waals surface area contributed by atoms with Crippen LogP contribution >= 0.6 is 0 Å². The van der Waals surface area contributed by atoms with Gasteiger partial charge < -0.3 is 0 Å². The Bertz CT molecular complexity index is 146. The first-order chi connectivity index (χ1) is 6.02. The van der Waals surface area contributed by atoms with Crippen LogP contribution in [0.1, 0.15) is 53.9 Å². The fourth-order valence-corrected chi connectivity index (χ4v) is 3.04. The van der Waals surface area contributed by atoms with Gasteiger partial charge in [0.15, 0.2) is 0 Å². The fourth-order valence-electron chi connectivity index (χ4n) is 3.04. The SMILES string of the molecule is CC(C)[C@H]1CC[C@H](C)C[C@@H]1C(C)C. The van der Waals surface area contributed by atoms with Gasteiger partial charge in [0.05, 0.1) is 0 Å². The van der Waals surface area contributed by atoms with Crippen molar-refractivity contribution in [2.24, 2.45) is 29.6 Å². The largest absolute Gasteiger partial charge is 0.0625 e. The quantitative estimate of drug-likeness (QED) is 0.595. The average Bonchev–Trinajstić information content (AvgIpc) is 2.03. The molecule has 13 heavy (non-hydrogen) atoms. The molecular formula is C13H26. The lowest BCUT2D eigenvalue weighted by Crippen LogP contribution is -2.30. The van der Waals surface area contributed by atoms with Crippen LogP contribution in [0.25, 0.3) is 0 Å². The van der Waals surface area contributed by atoms with E-state index in [1.54, 1.807) is 0 Å². The molecule has 0 unspecified atom stereocenters. The van der Waals surface area contributed by atoms with E-state index in [1.807, 2.05) is 0 Å². The summed E-state index contributed by atoms with van der Waals surface area (Å²) in [7, 11) is 0. The Morgan fingerprint density at radius 1 is 0.846 bits per heavy atom. The van der Waals surface area contributed by atoms with Crippen molar-refractivity contribution in [1.29, 1.82) is 0 Å². The van der Waals surface area contributed by atoms with Crippen molar-refractivity contribution in [2.75, 3.05) is 0 Å². The molecule has 0 heteroatoms. The van der Waals surface area contributed by atoms with Crippen LogP contribution in [0, 0.1) is 29.6 Å². The van der Waals surface area contributed by atoms with E-state index in [2.05, 4.69) is 34.6 Å². The lowest BCUT2D eigenvalue weighted by atomic mass is 9.66. The third-order valence-electron chi connectivity index (χ3n) is 3.93. The monoisotopic (exact) mass is 182 g/mol. The highest BCUT2D eigenvalue weighted by atomic mass is 14.4. The molecule has 1 saturated carbocycles. The summed E-state index contributed by atoms with van der Waals surface area (Å²) in [6.45, 7) is 12.0. The van der Waals surface area contributed by atoms with Gasteiger partial charge in [0.2, 0.25) is 0 Å². The van der Waals surface area contributed by atoms with Crippen LogP contribution in [-0.4, -0.2) is 0 Å². The van der Waals surface area contributed by atoms with Gasteiger partial charge in [-0.05, 0) is 42.4 Å². The molecule has 3 atom stereocenters. The summed E-state index contributed by atoms with van der Waals surface area (Å²) in [6.07, 6.45) is 4.41.